The van der Waals surface area contributed by atoms with E-state index in [0.717, 1.165) is 40.5 Å². The maximum Gasteiger partial charge on any atom is 0.307 e. The quantitative estimate of drug-likeness (QED) is 0.163. The molecule has 5 aromatic rings. The number of aryl methyl sites for hydroxylation is 4. The number of hydrogen-bond donors (Lipinski definition) is 1. The van der Waals surface area contributed by atoms with Crippen molar-refractivity contribution in [1.29, 1.82) is 0 Å². The van der Waals surface area contributed by atoms with Crippen LogP contribution in [-0.2, 0) is 13.0 Å². The number of ether oxygens (including phenoxy) is 1. The smallest absolute Gasteiger partial charge is 0.307 e. The van der Waals surface area contributed by atoms with Crippen molar-refractivity contribution < 1.29 is 13.9 Å². The van der Waals surface area contributed by atoms with Crippen molar-refractivity contribution in [3.05, 3.63) is 124 Å². The molecule has 0 spiro atoms. The van der Waals surface area contributed by atoms with Gasteiger partial charge in [-0.1, -0.05) is 25.1 Å². The van der Waals surface area contributed by atoms with Gasteiger partial charge in [0.25, 0.3) is 0 Å². The third kappa shape index (κ3) is 5.50. The summed E-state index contributed by atoms with van der Waals surface area (Å²) in [6, 6.07) is 25.9. The molecule has 5 rings (SSSR count). The molecule has 0 saturated carbocycles. The molecule has 0 atom stereocenters. The molecule has 1 N–H and O–H groups in total. The summed E-state index contributed by atoms with van der Waals surface area (Å²) in [6.45, 7) is 10.7. The minimum absolute atomic E-state index is 0.173. The summed E-state index contributed by atoms with van der Waals surface area (Å²) in [5, 5.41) is 4.18. The average molecular weight is 535 g/mol. The van der Waals surface area contributed by atoms with Crippen LogP contribution in [0.2, 0.25) is 0 Å². The van der Waals surface area contributed by atoms with E-state index < -0.39 is 5.91 Å². The van der Waals surface area contributed by atoms with E-state index in [1.54, 1.807) is 18.3 Å². The Morgan fingerprint density at radius 1 is 0.900 bits per heavy atom. The molecule has 2 aromatic carbocycles. The molecule has 1 amide bonds. The van der Waals surface area contributed by atoms with Crippen molar-refractivity contribution in [2.24, 2.45) is 5.10 Å². The zero-order valence-electron chi connectivity index (χ0n) is 23.6. The predicted molar refractivity (Wildman–Crippen MR) is 158 cm³/mol. The Morgan fingerprint density at radius 2 is 1.62 bits per heavy atom. The van der Waals surface area contributed by atoms with E-state index >= 15 is 0 Å². The van der Waals surface area contributed by atoms with Crippen LogP contribution in [0.15, 0.2) is 88.4 Å². The molecule has 0 radical (unpaired) electrons. The first-order valence-electron chi connectivity index (χ1n) is 13.4. The molecule has 7 heteroatoms. The minimum atomic E-state index is -0.422. The van der Waals surface area contributed by atoms with E-state index in [0.29, 0.717) is 5.76 Å². The van der Waals surface area contributed by atoms with Gasteiger partial charge in [-0.25, -0.2) is 5.43 Å². The normalized spacial score (nSPS) is 11.3. The molecule has 0 aliphatic carbocycles. The number of aromatic nitrogens is 2. The van der Waals surface area contributed by atoms with Gasteiger partial charge in [0.2, 0.25) is 0 Å². The first kappa shape index (κ1) is 26.8. The maximum absolute atomic E-state index is 12.6. The predicted octanol–water partition coefficient (Wildman–Crippen LogP) is 7.00. The van der Waals surface area contributed by atoms with E-state index in [2.05, 4.69) is 90.7 Å². The van der Waals surface area contributed by atoms with E-state index in [1.165, 1.54) is 17.0 Å². The van der Waals surface area contributed by atoms with Crippen molar-refractivity contribution in [3.8, 4) is 17.1 Å². The van der Waals surface area contributed by atoms with Crippen LogP contribution in [0.4, 0.5) is 0 Å². The summed E-state index contributed by atoms with van der Waals surface area (Å²) in [7, 11) is 0. The summed E-state index contributed by atoms with van der Waals surface area (Å²) >= 11 is 0. The van der Waals surface area contributed by atoms with Crippen LogP contribution < -0.4 is 10.2 Å². The fourth-order valence-corrected chi connectivity index (χ4v) is 5.03. The Kier molecular flexibility index (Phi) is 7.73. The molecular weight excluding hydrogens is 500 g/mol. The summed E-state index contributed by atoms with van der Waals surface area (Å²) in [5.74, 6) is 1.02. The lowest BCUT2D eigenvalue weighted by atomic mass is 10.1. The number of nitrogens with zero attached hydrogens (tertiary/aromatic N) is 3. The fourth-order valence-electron chi connectivity index (χ4n) is 5.03. The van der Waals surface area contributed by atoms with Gasteiger partial charge in [-0.3, -0.25) is 4.79 Å². The van der Waals surface area contributed by atoms with E-state index in [1.807, 2.05) is 30.3 Å². The summed E-state index contributed by atoms with van der Waals surface area (Å²) in [4.78, 5) is 12.6. The Bertz CT molecular complexity index is 1650. The molecule has 3 heterocycles. The highest BCUT2D eigenvalue weighted by Gasteiger charge is 2.14. The van der Waals surface area contributed by atoms with Crippen molar-refractivity contribution in [2.75, 3.05) is 0 Å². The molecule has 7 nitrogen and oxygen atoms in total. The number of hydrogen-bond acceptors (Lipinski definition) is 4. The highest BCUT2D eigenvalue weighted by molar-refractivity contribution is 5.92. The van der Waals surface area contributed by atoms with Gasteiger partial charge in [0, 0.05) is 39.7 Å². The second-order valence-electron chi connectivity index (χ2n) is 9.84. The summed E-state index contributed by atoms with van der Waals surface area (Å²) < 4.78 is 16.0. The van der Waals surface area contributed by atoms with Crippen molar-refractivity contribution in [2.45, 2.75) is 47.6 Å². The number of hydrazone groups is 1. The molecule has 0 fully saturated rings. The van der Waals surface area contributed by atoms with Gasteiger partial charge < -0.3 is 18.3 Å². The molecular formula is C33H34N4O3. The maximum atomic E-state index is 12.6. The highest BCUT2D eigenvalue weighted by Crippen LogP contribution is 2.24. The Hall–Kier alpha value is -4.78. The highest BCUT2D eigenvalue weighted by atomic mass is 16.5. The van der Waals surface area contributed by atoms with Crippen LogP contribution in [0.1, 0.15) is 57.1 Å². The number of furan rings is 1. The third-order valence-corrected chi connectivity index (χ3v) is 7.09. The third-order valence-electron chi connectivity index (χ3n) is 7.09. The van der Waals surface area contributed by atoms with Gasteiger partial charge in [0.15, 0.2) is 5.76 Å². The van der Waals surface area contributed by atoms with Gasteiger partial charge in [-0.2, -0.15) is 5.10 Å². The van der Waals surface area contributed by atoms with Crippen LogP contribution in [0, 0.1) is 27.7 Å². The van der Waals surface area contributed by atoms with Gasteiger partial charge >= 0.3 is 5.91 Å². The molecule has 0 aliphatic heterocycles. The molecule has 0 saturated heterocycles. The summed E-state index contributed by atoms with van der Waals surface area (Å²) in [6.07, 6.45) is 2.61. The van der Waals surface area contributed by atoms with E-state index in [-0.39, 0.29) is 12.4 Å². The first-order chi connectivity index (χ1) is 19.4. The Labute approximate surface area is 234 Å². The number of nitrogens with one attached hydrogen (secondary N) is 1. The number of benzene rings is 2. The topological polar surface area (TPSA) is 73.7 Å². The van der Waals surface area contributed by atoms with Crippen LogP contribution in [0.5, 0.6) is 5.75 Å². The van der Waals surface area contributed by atoms with Gasteiger partial charge in [-0.05, 0) is 100 Å². The lowest BCUT2D eigenvalue weighted by molar-refractivity contribution is 0.0923. The van der Waals surface area contributed by atoms with Crippen LogP contribution in [-0.4, -0.2) is 21.3 Å². The number of para-hydroxylation sites is 1. The fraction of sp³-hybridized carbons (Fsp3) is 0.212. The average Bonchev–Trinajstić information content (AvgIpc) is 3.65. The molecule has 0 bridgehead atoms. The summed E-state index contributed by atoms with van der Waals surface area (Å²) in [5.41, 5.74) is 11.5. The molecule has 0 unspecified atom stereocenters. The number of carbonyl (C=O) groups is 1. The van der Waals surface area contributed by atoms with Crippen molar-refractivity contribution in [1.82, 2.24) is 14.6 Å². The number of rotatable bonds is 9. The van der Waals surface area contributed by atoms with Gasteiger partial charge in [-0.15, -0.1) is 0 Å². The van der Waals surface area contributed by atoms with Crippen molar-refractivity contribution >= 4 is 12.1 Å². The van der Waals surface area contributed by atoms with Gasteiger partial charge in [0.1, 0.15) is 18.1 Å². The minimum Gasteiger partial charge on any atom is -0.486 e. The van der Waals surface area contributed by atoms with Gasteiger partial charge in [0.05, 0.1) is 6.21 Å². The molecule has 40 heavy (non-hydrogen) atoms. The second-order valence-corrected chi connectivity index (χ2v) is 9.84. The van der Waals surface area contributed by atoms with Crippen LogP contribution >= 0.6 is 0 Å². The lowest BCUT2D eigenvalue weighted by Crippen LogP contribution is -2.16. The van der Waals surface area contributed by atoms with Crippen LogP contribution in [0.25, 0.3) is 11.4 Å². The zero-order chi connectivity index (χ0) is 28.2. The van der Waals surface area contributed by atoms with E-state index in [4.69, 9.17) is 9.15 Å². The first-order valence-corrected chi connectivity index (χ1v) is 13.4. The zero-order valence-corrected chi connectivity index (χ0v) is 23.6. The standard InChI is InChI=1S/C33H34N4O3/c1-6-26-9-7-8-10-31(26)37-24(4)19-27(25(37)5)20-34-35-33(38)32-18-17-30(40-32)21-39-29-15-13-28(14-16-29)36-22(2)11-12-23(36)3/h7-20H,6,21H2,1-5H3,(H,35,38)/b34-20+. The SMILES string of the molecule is CCc1ccccc1-n1c(C)cc(/C=N/NC(=O)c2ccc(COc3ccc(-n4c(C)ccc4C)cc3)o2)c1C. The molecule has 0 aliphatic rings. The second kappa shape index (κ2) is 11.5. The lowest BCUT2D eigenvalue weighted by Gasteiger charge is -2.13. The largest absolute Gasteiger partial charge is 0.486 e. The Balaban J connectivity index is 1.18. The van der Waals surface area contributed by atoms with E-state index in [9.17, 15) is 4.79 Å². The number of carbonyl (C=O) groups excluding carboxylic acids is 1. The number of amides is 1. The Morgan fingerprint density at radius 3 is 2.35 bits per heavy atom. The van der Waals surface area contributed by atoms with Crippen molar-refractivity contribution in [3.63, 3.8) is 0 Å². The monoisotopic (exact) mass is 534 g/mol. The van der Waals surface area contributed by atoms with Crippen LogP contribution in [0.3, 0.4) is 0 Å². The molecule has 3 aromatic heterocycles. The molecule has 204 valence electrons.